The number of hydrogen-bond acceptors (Lipinski definition) is 6. The molecule has 0 spiro atoms. The zero-order chi connectivity index (χ0) is 17.2. The molecular formula is C17H19FN4O2S. The maximum Gasteiger partial charge on any atom is 0.277 e. The van der Waals surface area contributed by atoms with E-state index < -0.39 is 0 Å². The molecule has 0 bridgehead atoms. The lowest BCUT2D eigenvalue weighted by Crippen LogP contribution is -2.49. The number of benzene rings is 1. The average molecular weight is 362 g/mol. The molecular weight excluding hydrogens is 343 g/mol. The topological polar surface area (TPSA) is 62.5 Å². The summed E-state index contributed by atoms with van der Waals surface area (Å²) in [5, 5.41) is 8.49. The van der Waals surface area contributed by atoms with E-state index in [1.165, 1.54) is 23.9 Å². The van der Waals surface area contributed by atoms with E-state index in [4.69, 9.17) is 4.42 Å². The first-order valence-electron chi connectivity index (χ1n) is 8.43. The number of thioether (sulfide) groups is 1. The number of piperazine rings is 1. The van der Waals surface area contributed by atoms with Gasteiger partial charge in [-0.25, -0.2) is 4.39 Å². The Morgan fingerprint density at radius 3 is 2.56 bits per heavy atom. The number of rotatable bonds is 5. The summed E-state index contributed by atoms with van der Waals surface area (Å²) in [6.45, 7) is 2.81. The molecule has 25 heavy (non-hydrogen) atoms. The van der Waals surface area contributed by atoms with Crippen LogP contribution in [0.3, 0.4) is 0 Å². The van der Waals surface area contributed by atoms with Gasteiger partial charge < -0.3 is 14.2 Å². The van der Waals surface area contributed by atoms with Crippen molar-refractivity contribution in [3.63, 3.8) is 0 Å². The molecule has 0 atom stereocenters. The maximum absolute atomic E-state index is 13.0. The molecule has 1 aliphatic carbocycles. The Balaban J connectivity index is 1.25. The molecule has 1 aromatic carbocycles. The van der Waals surface area contributed by atoms with Gasteiger partial charge in [-0.3, -0.25) is 4.79 Å². The first-order valence-corrected chi connectivity index (χ1v) is 9.42. The number of carbonyl (C=O) groups is 1. The summed E-state index contributed by atoms with van der Waals surface area (Å²) in [5.74, 6) is 1.28. The lowest BCUT2D eigenvalue weighted by Gasteiger charge is -2.36. The number of aromatic nitrogens is 2. The molecule has 132 valence electrons. The molecule has 1 aromatic heterocycles. The van der Waals surface area contributed by atoms with Crippen molar-refractivity contribution in [1.82, 2.24) is 15.1 Å². The van der Waals surface area contributed by atoms with Crippen molar-refractivity contribution in [2.45, 2.75) is 24.0 Å². The van der Waals surface area contributed by atoms with Crippen LogP contribution in [0.4, 0.5) is 10.1 Å². The van der Waals surface area contributed by atoms with Crippen molar-refractivity contribution >= 4 is 23.4 Å². The summed E-state index contributed by atoms with van der Waals surface area (Å²) in [6, 6.07) is 6.47. The summed E-state index contributed by atoms with van der Waals surface area (Å²) >= 11 is 1.30. The lowest BCUT2D eigenvalue weighted by atomic mass is 10.2. The molecule has 2 aliphatic rings. The predicted octanol–water partition coefficient (Wildman–Crippen LogP) is 2.53. The average Bonchev–Trinajstić information content (AvgIpc) is 3.39. The van der Waals surface area contributed by atoms with Crippen LogP contribution in [0.15, 0.2) is 33.9 Å². The number of carbonyl (C=O) groups excluding carboxylic acids is 1. The predicted molar refractivity (Wildman–Crippen MR) is 92.2 cm³/mol. The second-order valence-corrected chi connectivity index (χ2v) is 7.24. The van der Waals surface area contributed by atoms with E-state index in [9.17, 15) is 9.18 Å². The zero-order valence-corrected chi connectivity index (χ0v) is 14.5. The Labute approximate surface area is 149 Å². The third-order valence-corrected chi connectivity index (χ3v) is 5.30. The van der Waals surface area contributed by atoms with Crippen LogP contribution in [0.5, 0.6) is 0 Å². The third-order valence-electron chi connectivity index (χ3n) is 4.49. The Morgan fingerprint density at radius 2 is 1.88 bits per heavy atom. The molecule has 2 heterocycles. The van der Waals surface area contributed by atoms with Gasteiger partial charge in [0.15, 0.2) is 0 Å². The second kappa shape index (κ2) is 7.03. The largest absolute Gasteiger partial charge is 0.416 e. The van der Waals surface area contributed by atoms with Gasteiger partial charge in [0, 0.05) is 37.8 Å². The van der Waals surface area contributed by atoms with Gasteiger partial charge in [0.25, 0.3) is 5.22 Å². The summed E-state index contributed by atoms with van der Waals surface area (Å²) in [5.41, 5.74) is 0.987. The summed E-state index contributed by atoms with van der Waals surface area (Å²) in [4.78, 5) is 16.4. The molecule has 2 fully saturated rings. The first kappa shape index (κ1) is 16.4. The van der Waals surface area contributed by atoms with Gasteiger partial charge in [-0.2, -0.15) is 0 Å². The number of anilines is 1. The highest BCUT2D eigenvalue weighted by atomic mass is 32.2. The first-order chi connectivity index (χ1) is 12.2. The van der Waals surface area contributed by atoms with E-state index in [-0.39, 0.29) is 11.7 Å². The molecule has 2 aromatic rings. The fourth-order valence-electron chi connectivity index (χ4n) is 2.85. The van der Waals surface area contributed by atoms with Gasteiger partial charge in [0.1, 0.15) is 5.82 Å². The molecule has 0 radical (unpaired) electrons. The SMILES string of the molecule is O=C(CSc1nnc(C2CC2)o1)N1CCN(c2ccc(F)cc2)CC1. The van der Waals surface area contributed by atoms with Crippen LogP contribution < -0.4 is 4.90 Å². The second-order valence-electron chi connectivity index (χ2n) is 6.31. The van der Waals surface area contributed by atoms with Crippen molar-refractivity contribution in [1.29, 1.82) is 0 Å². The van der Waals surface area contributed by atoms with Gasteiger partial charge in [0.05, 0.1) is 5.75 Å². The normalized spacial score (nSPS) is 17.8. The smallest absolute Gasteiger partial charge is 0.277 e. The van der Waals surface area contributed by atoms with Crippen LogP contribution in [0, 0.1) is 5.82 Å². The summed E-state index contributed by atoms with van der Waals surface area (Å²) < 4.78 is 18.6. The highest BCUT2D eigenvalue weighted by Gasteiger charge is 2.29. The number of halogens is 1. The van der Waals surface area contributed by atoms with Gasteiger partial charge in [0.2, 0.25) is 11.8 Å². The molecule has 0 N–H and O–H groups in total. The Kier molecular flexibility index (Phi) is 4.61. The third kappa shape index (κ3) is 3.95. The quantitative estimate of drug-likeness (QED) is 0.762. The highest BCUT2D eigenvalue weighted by Crippen LogP contribution is 2.39. The van der Waals surface area contributed by atoms with Crippen LogP contribution >= 0.6 is 11.8 Å². The zero-order valence-electron chi connectivity index (χ0n) is 13.7. The lowest BCUT2D eigenvalue weighted by molar-refractivity contribution is -0.128. The van der Waals surface area contributed by atoms with Crippen LogP contribution in [0.1, 0.15) is 24.7 Å². The minimum atomic E-state index is -0.236. The molecule has 8 heteroatoms. The number of hydrogen-bond donors (Lipinski definition) is 0. The molecule has 1 saturated carbocycles. The molecule has 1 amide bonds. The standard InChI is InChI=1S/C17H19FN4O2S/c18-13-3-5-14(6-4-13)21-7-9-22(10-8-21)15(23)11-25-17-20-19-16(24-17)12-1-2-12/h3-6,12H,1-2,7-11H2. The van der Waals surface area contributed by atoms with E-state index in [1.54, 1.807) is 12.1 Å². The van der Waals surface area contributed by atoms with E-state index in [1.807, 2.05) is 4.90 Å². The van der Waals surface area contributed by atoms with Crippen LogP contribution in [0.25, 0.3) is 0 Å². The Morgan fingerprint density at radius 1 is 1.16 bits per heavy atom. The van der Waals surface area contributed by atoms with E-state index in [2.05, 4.69) is 15.1 Å². The van der Waals surface area contributed by atoms with Crippen molar-refractivity contribution < 1.29 is 13.6 Å². The minimum absolute atomic E-state index is 0.0786. The van der Waals surface area contributed by atoms with Crippen LogP contribution in [-0.4, -0.2) is 52.9 Å². The molecule has 0 unspecified atom stereocenters. The van der Waals surface area contributed by atoms with Gasteiger partial charge in [-0.1, -0.05) is 11.8 Å². The molecule has 1 saturated heterocycles. The van der Waals surface area contributed by atoms with Gasteiger partial charge in [-0.05, 0) is 37.1 Å². The minimum Gasteiger partial charge on any atom is -0.416 e. The van der Waals surface area contributed by atoms with Crippen molar-refractivity contribution in [2.24, 2.45) is 0 Å². The fraction of sp³-hybridized carbons (Fsp3) is 0.471. The van der Waals surface area contributed by atoms with Crippen molar-refractivity contribution in [3.8, 4) is 0 Å². The highest BCUT2D eigenvalue weighted by molar-refractivity contribution is 7.99. The van der Waals surface area contributed by atoms with Gasteiger partial charge >= 0.3 is 0 Å². The van der Waals surface area contributed by atoms with Crippen LogP contribution in [-0.2, 0) is 4.79 Å². The van der Waals surface area contributed by atoms with Crippen molar-refractivity contribution in [3.05, 3.63) is 36.0 Å². The fourth-order valence-corrected chi connectivity index (χ4v) is 3.53. The van der Waals surface area contributed by atoms with E-state index in [0.717, 1.165) is 31.6 Å². The Hall–Kier alpha value is -2.09. The van der Waals surface area contributed by atoms with E-state index in [0.29, 0.717) is 35.9 Å². The van der Waals surface area contributed by atoms with Gasteiger partial charge in [-0.15, -0.1) is 10.2 Å². The van der Waals surface area contributed by atoms with E-state index >= 15 is 0 Å². The number of amides is 1. The van der Waals surface area contributed by atoms with Crippen LogP contribution in [0.2, 0.25) is 0 Å². The Bertz CT molecular complexity index is 739. The number of nitrogens with zero attached hydrogens (tertiary/aromatic N) is 4. The maximum atomic E-state index is 13.0. The molecule has 4 rings (SSSR count). The summed E-state index contributed by atoms with van der Waals surface area (Å²) in [7, 11) is 0. The monoisotopic (exact) mass is 362 g/mol. The molecule has 6 nitrogen and oxygen atoms in total. The van der Waals surface area contributed by atoms with Crippen molar-refractivity contribution in [2.75, 3.05) is 36.8 Å². The summed E-state index contributed by atoms with van der Waals surface area (Å²) in [6.07, 6.45) is 2.23. The molecule has 1 aliphatic heterocycles.